The molecule has 0 unspecified atom stereocenters. The first-order valence-electron chi connectivity index (χ1n) is 18.9. The number of benzene rings is 10. The van der Waals surface area contributed by atoms with Gasteiger partial charge in [-0.25, -0.2) is 0 Å². The SMILES string of the molecule is c1ccc(-c2c3ccccc3c(-c3ccccc3)c3c(-c4ccccc4)c4ccccc4c(-c4ccccc4)c23)cc1.c1ccc(Nc2ccccc2)cc1. The zero-order chi connectivity index (χ0) is 36.8. The highest BCUT2D eigenvalue weighted by atomic mass is 14.9. The summed E-state index contributed by atoms with van der Waals surface area (Å²) in [6.45, 7) is 0. The molecule has 0 heterocycles. The third-order valence-electron chi connectivity index (χ3n) is 10.3. The summed E-state index contributed by atoms with van der Waals surface area (Å²) in [5, 5.41) is 11.0. The van der Waals surface area contributed by atoms with Crippen LogP contribution in [0.25, 0.3) is 76.8 Å². The number of hydrogen-bond acceptors (Lipinski definition) is 1. The highest BCUT2D eigenvalue weighted by Crippen LogP contribution is 2.53. The quantitative estimate of drug-likeness (QED) is 0.170. The minimum Gasteiger partial charge on any atom is -0.356 e. The van der Waals surface area contributed by atoms with Crippen LogP contribution in [-0.2, 0) is 0 Å². The van der Waals surface area contributed by atoms with Crippen molar-refractivity contribution in [2.75, 3.05) is 5.32 Å². The van der Waals surface area contributed by atoms with E-state index >= 15 is 0 Å². The molecule has 55 heavy (non-hydrogen) atoms. The molecule has 0 spiro atoms. The van der Waals surface area contributed by atoms with E-state index in [2.05, 4.69) is 175 Å². The largest absolute Gasteiger partial charge is 0.356 e. The second kappa shape index (κ2) is 15.4. The number of nitrogens with one attached hydrogen (secondary N) is 1. The summed E-state index contributed by atoms with van der Waals surface area (Å²) in [6, 6.07) is 81.9. The van der Waals surface area contributed by atoms with Crippen LogP contribution in [-0.4, -0.2) is 0 Å². The van der Waals surface area contributed by atoms with Crippen molar-refractivity contribution in [2.24, 2.45) is 0 Å². The molecule has 0 bridgehead atoms. The predicted molar refractivity (Wildman–Crippen MR) is 237 cm³/mol. The maximum atomic E-state index is 3.30. The summed E-state index contributed by atoms with van der Waals surface area (Å²) in [5.41, 5.74) is 12.3. The molecule has 0 aliphatic rings. The maximum absolute atomic E-state index is 3.30. The Labute approximate surface area is 322 Å². The molecule has 1 N–H and O–H groups in total. The fourth-order valence-electron chi connectivity index (χ4n) is 7.96. The number of fused-ring (bicyclic) bond motifs is 3. The molecule has 0 saturated heterocycles. The van der Waals surface area contributed by atoms with Crippen LogP contribution in [0.15, 0.2) is 231 Å². The highest BCUT2D eigenvalue weighted by molar-refractivity contribution is 6.33. The minimum absolute atomic E-state index is 1.12. The normalized spacial score (nSPS) is 10.9. The molecule has 0 aromatic heterocycles. The van der Waals surface area contributed by atoms with Gasteiger partial charge in [-0.15, -0.1) is 0 Å². The molecule has 10 aromatic carbocycles. The summed E-state index contributed by atoms with van der Waals surface area (Å²) in [5.74, 6) is 0. The molecule has 0 aliphatic heterocycles. The Balaban J connectivity index is 0.000000258. The van der Waals surface area contributed by atoms with Gasteiger partial charge in [-0.2, -0.15) is 0 Å². The van der Waals surface area contributed by atoms with Gasteiger partial charge in [0.1, 0.15) is 0 Å². The van der Waals surface area contributed by atoms with E-state index in [1.54, 1.807) is 0 Å². The third-order valence-corrected chi connectivity index (χ3v) is 10.3. The number of anilines is 2. The predicted octanol–water partition coefficient (Wildman–Crippen LogP) is 15.2. The van der Waals surface area contributed by atoms with Crippen LogP contribution in [0.5, 0.6) is 0 Å². The van der Waals surface area contributed by atoms with Gasteiger partial charge in [0.15, 0.2) is 0 Å². The molecule has 0 saturated carbocycles. The maximum Gasteiger partial charge on any atom is 0.0384 e. The molecule has 1 heteroatoms. The monoisotopic (exact) mass is 701 g/mol. The molecular weight excluding hydrogens is 663 g/mol. The first-order valence-corrected chi connectivity index (χ1v) is 18.9. The van der Waals surface area contributed by atoms with E-state index in [4.69, 9.17) is 0 Å². The smallest absolute Gasteiger partial charge is 0.0384 e. The van der Waals surface area contributed by atoms with E-state index in [9.17, 15) is 0 Å². The van der Waals surface area contributed by atoms with Gasteiger partial charge in [0.25, 0.3) is 0 Å². The fraction of sp³-hybridized carbons (Fsp3) is 0. The van der Waals surface area contributed by atoms with Crippen molar-refractivity contribution in [3.63, 3.8) is 0 Å². The Morgan fingerprint density at radius 3 is 0.636 bits per heavy atom. The lowest BCUT2D eigenvalue weighted by Crippen LogP contribution is -1.97. The number of rotatable bonds is 6. The molecule has 260 valence electrons. The number of para-hydroxylation sites is 2. The van der Waals surface area contributed by atoms with Gasteiger partial charge < -0.3 is 5.32 Å². The average molecular weight is 702 g/mol. The zero-order valence-electron chi connectivity index (χ0n) is 30.4. The summed E-state index contributed by atoms with van der Waals surface area (Å²) in [4.78, 5) is 0. The Morgan fingerprint density at radius 1 is 0.200 bits per heavy atom. The van der Waals surface area contributed by atoms with Crippen LogP contribution >= 0.6 is 0 Å². The molecule has 0 atom stereocenters. The van der Waals surface area contributed by atoms with E-state index < -0.39 is 0 Å². The van der Waals surface area contributed by atoms with Gasteiger partial charge in [0, 0.05) is 11.4 Å². The van der Waals surface area contributed by atoms with Crippen LogP contribution in [0.3, 0.4) is 0 Å². The fourth-order valence-corrected chi connectivity index (χ4v) is 7.96. The van der Waals surface area contributed by atoms with Gasteiger partial charge in [-0.3, -0.25) is 0 Å². The molecule has 0 fully saturated rings. The van der Waals surface area contributed by atoms with Crippen molar-refractivity contribution in [2.45, 2.75) is 0 Å². The van der Waals surface area contributed by atoms with Crippen LogP contribution in [0.1, 0.15) is 0 Å². The molecule has 10 aromatic rings. The lowest BCUT2D eigenvalue weighted by molar-refractivity contribution is 1.55. The molecule has 0 radical (unpaired) electrons. The van der Waals surface area contributed by atoms with Gasteiger partial charge in [-0.05, 0) is 101 Å². The first-order chi connectivity index (χ1) is 27.3. The van der Waals surface area contributed by atoms with Crippen molar-refractivity contribution in [1.29, 1.82) is 0 Å². The summed E-state index contributed by atoms with van der Waals surface area (Å²) >= 11 is 0. The van der Waals surface area contributed by atoms with Gasteiger partial charge in [-0.1, -0.05) is 206 Å². The topological polar surface area (TPSA) is 12.0 Å². The molecule has 0 amide bonds. The zero-order valence-corrected chi connectivity index (χ0v) is 30.4. The van der Waals surface area contributed by atoms with Crippen molar-refractivity contribution >= 4 is 43.7 Å². The van der Waals surface area contributed by atoms with Crippen molar-refractivity contribution < 1.29 is 0 Å². The van der Waals surface area contributed by atoms with Crippen molar-refractivity contribution in [3.05, 3.63) is 231 Å². The summed E-state index contributed by atoms with van der Waals surface area (Å²) < 4.78 is 0. The van der Waals surface area contributed by atoms with E-state index in [1.807, 2.05) is 60.7 Å². The Morgan fingerprint density at radius 2 is 0.400 bits per heavy atom. The lowest BCUT2D eigenvalue weighted by Gasteiger charge is -2.25. The lowest BCUT2D eigenvalue weighted by atomic mass is 9.77. The number of hydrogen-bond donors (Lipinski definition) is 1. The summed E-state index contributed by atoms with van der Waals surface area (Å²) in [6.07, 6.45) is 0. The molecule has 10 rings (SSSR count). The van der Waals surface area contributed by atoms with Crippen LogP contribution < -0.4 is 5.32 Å². The van der Waals surface area contributed by atoms with Crippen molar-refractivity contribution in [1.82, 2.24) is 0 Å². The Kier molecular flexibility index (Phi) is 9.41. The second-order valence-corrected chi connectivity index (χ2v) is 13.7. The molecule has 1 nitrogen and oxygen atoms in total. The van der Waals surface area contributed by atoms with Crippen LogP contribution in [0.4, 0.5) is 11.4 Å². The Bertz CT molecular complexity index is 2480. The van der Waals surface area contributed by atoms with Gasteiger partial charge >= 0.3 is 0 Å². The van der Waals surface area contributed by atoms with E-state index in [1.165, 1.54) is 76.8 Å². The molecular formula is C54H39N. The first kappa shape index (κ1) is 33.6. The highest BCUT2D eigenvalue weighted by Gasteiger charge is 2.25. The van der Waals surface area contributed by atoms with E-state index in [0.717, 1.165) is 11.4 Å². The van der Waals surface area contributed by atoms with E-state index in [-0.39, 0.29) is 0 Å². The standard InChI is InChI=1S/C42H28.C12H11N/c1-5-17-29(18-6-1)37-33-25-13-14-26-34(33)39(31-21-9-3-10-22-31)42-40(32-23-11-4-12-24-32)36-28-16-15-27-35(36)38(41(37)42)30-19-7-2-8-20-30;1-3-7-11(8-4-1)13-12-9-5-2-6-10-12/h1-28H;1-10,13H. The van der Waals surface area contributed by atoms with Gasteiger partial charge in [0.05, 0.1) is 0 Å². The van der Waals surface area contributed by atoms with Crippen LogP contribution in [0, 0.1) is 0 Å². The Hall–Kier alpha value is -7.22. The van der Waals surface area contributed by atoms with Crippen molar-refractivity contribution in [3.8, 4) is 44.5 Å². The van der Waals surface area contributed by atoms with Crippen LogP contribution in [0.2, 0.25) is 0 Å². The minimum atomic E-state index is 1.12. The third kappa shape index (κ3) is 6.65. The van der Waals surface area contributed by atoms with E-state index in [0.29, 0.717) is 0 Å². The van der Waals surface area contributed by atoms with Gasteiger partial charge in [0.2, 0.25) is 0 Å². The molecule has 0 aliphatic carbocycles. The summed E-state index contributed by atoms with van der Waals surface area (Å²) in [7, 11) is 0. The average Bonchev–Trinajstić information content (AvgIpc) is 3.27. The second-order valence-electron chi connectivity index (χ2n) is 13.7.